The molecule has 0 unspecified atom stereocenters. The summed E-state index contributed by atoms with van der Waals surface area (Å²) in [7, 11) is 1.56. The molecule has 130 valence electrons. The lowest BCUT2D eigenvalue weighted by atomic mass is 10.0. The van der Waals surface area contributed by atoms with Gasteiger partial charge in [-0.15, -0.1) is 0 Å². The zero-order valence-corrected chi connectivity index (χ0v) is 14.7. The Bertz CT molecular complexity index is 801. The van der Waals surface area contributed by atoms with E-state index in [1.54, 1.807) is 24.1 Å². The van der Waals surface area contributed by atoms with Crippen molar-refractivity contribution in [2.24, 2.45) is 5.92 Å². The van der Waals surface area contributed by atoms with E-state index in [2.05, 4.69) is 5.32 Å². The van der Waals surface area contributed by atoms with Crippen molar-refractivity contribution in [3.63, 3.8) is 0 Å². The van der Waals surface area contributed by atoms with E-state index in [1.807, 2.05) is 50.2 Å². The Labute approximate surface area is 147 Å². The lowest BCUT2D eigenvalue weighted by molar-refractivity contribution is -0.122. The number of rotatable bonds is 5. The Morgan fingerprint density at radius 1 is 1.12 bits per heavy atom. The van der Waals surface area contributed by atoms with Gasteiger partial charge in [0.1, 0.15) is 11.8 Å². The second kappa shape index (κ2) is 6.97. The molecule has 1 atom stereocenters. The number of amides is 2. The average Bonchev–Trinajstić information content (AvgIpc) is 2.92. The van der Waals surface area contributed by atoms with Crippen molar-refractivity contribution in [1.29, 1.82) is 0 Å². The second-order valence-corrected chi connectivity index (χ2v) is 6.47. The predicted octanol–water partition coefficient (Wildman–Crippen LogP) is 3.31. The van der Waals surface area contributed by atoms with Crippen molar-refractivity contribution in [1.82, 2.24) is 4.90 Å². The monoisotopic (exact) mass is 338 g/mol. The summed E-state index contributed by atoms with van der Waals surface area (Å²) in [5.41, 5.74) is 2.24. The largest absolute Gasteiger partial charge is 0.495 e. The molecule has 2 aromatic rings. The maximum Gasteiger partial charge on any atom is 0.255 e. The Morgan fingerprint density at radius 3 is 2.48 bits per heavy atom. The van der Waals surface area contributed by atoms with E-state index >= 15 is 0 Å². The number of para-hydroxylation sites is 2. The Hall–Kier alpha value is -2.82. The molecule has 5 heteroatoms. The second-order valence-electron chi connectivity index (χ2n) is 6.47. The third kappa shape index (κ3) is 3.22. The first-order valence-corrected chi connectivity index (χ1v) is 8.35. The Morgan fingerprint density at radius 2 is 1.80 bits per heavy atom. The van der Waals surface area contributed by atoms with E-state index in [-0.39, 0.29) is 17.7 Å². The zero-order valence-electron chi connectivity index (χ0n) is 14.7. The Kier molecular flexibility index (Phi) is 4.74. The number of hydrogen-bond acceptors (Lipinski definition) is 3. The minimum Gasteiger partial charge on any atom is -0.495 e. The molecule has 1 aliphatic rings. The third-order valence-electron chi connectivity index (χ3n) is 4.45. The summed E-state index contributed by atoms with van der Waals surface area (Å²) in [4.78, 5) is 27.3. The van der Waals surface area contributed by atoms with Crippen LogP contribution >= 0.6 is 0 Å². The van der Waals surface area contributed by atoms with Crippen LogP contribution in [-0.4, -0.2) is 29.9 Å². The van der Waals surface area contributed by atoms with Crippen LogP contribution < -0.4 is 10.1 Å². The first kappa shape index (κ1) is 17.0. The normalized spacial score (nSPS) is 14.4. The van der Waals surface area contributed by atoms with E-state index in [0.29, 0.717) is 23.5 Å². The van der Waals surface area contributed by atoms with Gasteiger partial charge in [-0.05, 0) is 29.7 Å². The quantitative estimate of drug-likeness (QED) is 0.910. The van der Waals surface area contributed by atoms with Crippen molar-refractivity contribution in [2.45, 2.75) is 26.4 Å². The lowest BCUT2D eigenvalue weighted by Crippen LogP contribution is -2.47. The van der Waals surface area contributed by atoms with E-state index < -0.39 is 6.04 Å². The number of methoxy groups -OCH3 is 1. The molecule has 0 saturated heterocycles. The summed E-state index contributed by atoms with van der Waals surface area (Å²) in [6.45, 7) is 4.35. The molecule has 1 heterocycles. The van der Waals surface area contributed by atoms with Gasteiger partial charge in [-0.3, -0.25) is 9.59 Å². The van der Waals surface area contributed by atoms with E-state index in [0.717, 1.165) is 5.56 Å². The highest BCUT2D eigenvalue weighted by molar-refractivity contribution is 6.04. The number of anilines is 1. The van der Waals surface area contributed by atoms with E-state index in [9.17, 15) is 9.59 Å². The molecule has 0 fully saturated rings. The van der Waals surface area contributed by atoms with Gasteiger partial charge in [0.25, 0.3) is 5.91 Å². The smallest absolute Gasteiger partial charge is 0.255 e. The summed E-state index contributed by atoms with van der Waals surface area (Å²) in [6.07, 6.45) is 0. The van der Waals surface area contributed by atoms with Crippen molar-refractivity contribution in [2.75, 3.05) is 12.4 Å². The average molecular weight is 338 g/mol. The number of ether oxygens (including phenoxy) is 1. The molecule has 2 aromatic carbocycles. The molecule has 5 nitrogen and oxygen atoms in total. The van der Waals surface area contributed by atoms with Gasteiger partial charge >= 0.3 is 0 Å². The summed E-state index contributed by atoms with van der Waals surface area (Å²) < 4.78 is 5.29. The van der Waals surface area contributed by atoms with Gasteiger partial charge in [0, 0.05) is 12.1 Å². The first-order chi connectivity index (χ1) is 12.0. The molecule has 1 N–H and O–H groups in total. The van der Waals surface area contributed by atoms with Crippen LogP contribution in [0.3, 0.4) is 0 Å². The highest BCUT2D eigenvalue weighted by atomic mass is 16.5. The first-order valence-electron chi connectivity index (χ1n) is 8.35. The van der Waals surface area contributed by atoms with Gasteiger partial charge in [0.05, 0.1) is 12.8 Å². The SMILES string of the molecule is COc1ccccc1NC(=O)[C@H](C(C)C)N1Cc2ccccc2C1=O. The fraction of sp³-hybridized carbons (Fsp3) is 0.300. The van der Waals surface area contributed by atoms with Crippen LogP contribution in [0.15, 0.2) is 48.5 Å². The summed E-state index contributed by atoms with van der Waals surface area (Å²) in [5.74, 6) is 0.271. The van der Waals surface area contributed by atoms with E-state index in [1.165, 1.54) is 0 Å². The molecule has 3 rings (SSSR count). The topological polar surface area (TPSA) is 58.6 Å². The Balaban J connectivity index is 1.85. The number of benzene rings is 2. The molecule has 0 bridgehead atoms. The minimum absolute atomic E-state index is 0.0204. The van der Waals surface area contributed by atoms with Gasteiger partial charge in [0.2, 0.25) is 5.91 Å². The summed E-state index contributed by atoms with van der Waals surface area (Å²) >= 11 is 0. The van der Waals surface area contributed by atoms with Crippen LogP contribution in [0.2, 0.25) is 0 Å². The summed E-state index contributed by atoms with van der Waals surface area (Å²) in [5, 5.41) is 2.91. The molecule has 0 saturated carbocycles. The maximum atomic E-state index is 12.9. The van der Waals surface area contributed by atoms with Gasteiger partial charge in [-0.2, -0.15) is 0 Å². The number of carbonyl (C=O) groups excluding carboxylic acids is 2. The van der Waals surface area contributed by atoms with Crippen LogP contribution in [0.25, 0.3) is 0 Å². The van der Waals surface area contributed by atoms with Gasteiger partial charge in [0.15, 0.2) is 0 Å². The van der Waals surface area contributed by atoms with Crippen molar-refractivity contribution in [3.8, 4) is 5.75 Å². The molecule has 2 amide bonds. The highest BCUT2D eigenvalue weighted by Gasteiger charge is 2.38. The number of nitrogens with one attached hydrogen (secondary N) is 1. The van der Waals surface area contributed by atoms with E-state index in [4.69, 9.17) is 4.74 Å². The fourth-order valence-corrected chi connectivity index (χ4v) is 3.26. The molecule has 0 radical (unpaired) electrons. The third-order valence-corrected chi connectivity index (χ3v) is 4.45. The molecular weight excluding hydrogens is 316 g/mol. The minimum atomic E-state index is -0.551. The van der Waals surface area contributed by atoms with Crippen LogP contribution in [0.1, 0.15) is 29.8 Å². The fourth-order valence-electron chi connectivity index (χ4n) is 3.26. The van der Waals surface area contributed by atoms with Crippen LogP contribution in [0, 0.1) is 5.92 Å². The van der Waals surface area contributed by atoms with Crippen molar-refractivity contribution >= 4 is 17.5 Å². The predicted molar refractivity (Wildman–Crippen MR) is 96.6 cm³/mol. The lowest BCUT2D eigenvalue weighted by Gasteiger charge is -2.30. The molecular formula is C20H22N2O3. The highest BCUT2D eigenvalue weighted by Crippen LogP contribution is 2.29. The van der Waals surface area contributed by atoms with Crippen LogP contribution in [0.5, 0.6) is 5.75 Å². The molecule has 25 heavy (non-hydrogen) atoms. The van der Waals surface area contributed by atoms with Crippen LogP contribution in [-0.2, 0) is 11.3 Å². The van der Waals surface area contributed by atoms with Gasteiger partial charge in [-0.25, -0.2) is 0 Å². The van der Waals surface area contributed by atoms with Crippen LogP contribution in [0.4, 0.5) is 5.69 Å². The number of nitrogens with zero attached hydrogens (tertiary/aromatic N) is 1. The van der Waals surface area contributed by atoms with Crippen molar-refractivity contribution in [3.05, 3.63) is 59.7 Å². The molecule has 0 spiro atoms. The standard InChI is InChI=1S/C20H22N2O3/c1-13(2)18(19(23)21-16-10-6-7-11-17(16)25-3)22-12-14-8-4-5-9-15(14)20(22)24/h4-11,13,18H,12H2,1-3H3,(H,21,23)/t18-/m0/s1. The molecule has 0 aliphatic carbocycles. The number of fused-ring (bicyclic) bond motifs is 1. The number of hydrogen-bond donors (Lipinski definition) is 1. The van der Waals surface area contributed by atoms with Crippen molar-refractivity contribution < 1.29 is 14.3 Å². The van der Waals surface area contributed by atoms with Gasteiger partial charge in [-0.1, -0.05) is 44.2 Å². The zero-order chi connectivity index (χ0) is 18.0. The number of carbonyl (C=O) groups is 2. The molecule has 0 aromatic heterocycles. The summed E-state index contributed by atoms with van der Waals surface area (Å²) in [6, 6.07) is 14.2. The van der Waals surface area contributed by atoms with Gasteiger partial charge < -0.3 is 15.0 Å². The maximum absolute atomic E-state index is 12.9. The molecule has 1 aliphatic heterocycles.